The molecule has 1 amide bonds. The fraction of sp³-hybridized carbons (Fsp3) is 0.833. The molecule has 1 rings (SSSR count). The zero-order chi connectivity index (χ0) is 12.8. The van der Waals surface area contributed by atoms with E-state index in [9.17, 15) is 9.59 Å². The van der Waals surface area contributed by atoms with Crippen LogP contribution >= 0.6 is 0 Å². The Bertz CT molecular complexity index is 281. The smallest absolute Gasteiger partial charge is 0.325 e. The van der Waals surface area contributed by atoms with Gasteiger partial charge in [-0.25, -0.2) is 0 Å². The standard InChI is InChI=1S/C12H22N2O3/c1-4-17-11(15)8-14-9(2)6-5-7-10(13-3)12(14)16/h9-10,13H,4-8H2,1-3H3. The first-order valence-corrected chi connectivity index (χ1v) is 6.23. The van der Waals surface area contributed by atoms with E-state index < -0.39 is 0 Å². The van der Waals surface area contributed by atoms with Crippen molar-refractivity contribution in [1.29, 1.82) is 0 Å². The molecule has 5 nitrogen and oxygen atoms in total. The minimum Gasteiger partial charge on any atom is -0.465 e. The lowest BCUT2D eigenvalue weighted by Crippen LogP contribution is -2.49. The van der Waals surface area contributed by atoms with Crippen LogP contribution < -0.4 is 5.32 Å². The van der Waals surface area contributed by atoms with Crippen molar-refractivity contribution < 1.29 is 14.3 Å². The highest BCUT2D eigenvalue weighted by Gasteiger charge is 2.31. The monoisotopic (exact) mass is 242 g/mol. The van der Waals surface area contributed by atoms with E-state index in [1.807, 2.05) is 6.92 Å². The Morgan fingerprint density at radius 3 is 2.82 bits per heavy atom. The highest BCUT2D eigenvalue weighted by Crippen LogP contribution is 2.17. The second kappa shape index (κ2) is 6.59. The maximum absolute atomic E-state index is 12.2. The lowest BCUT2D eigenvalue weighted by molar-refractivity contribution is -0.150. The van der Waals surface area contributed by atoms with Crippen LogP contribution in [0.4, 0.5) is 0 Å². The molecule has 0 saturated carbocycles. The summed E-state index contributed by atoms with van der Waals surface area (Å²) in [4.78, 5) is 25.3. The van der Waals surface area contributed by atoms with Crippen LogP contribution in [0, 0.1) is 0 Å². The van der Waals surface area contributed by atoms with Crippen molar-refractivity contribution in [2.75, 3.05) is 20.2 Å². The fourth-order valence-corrected chi connectivity index (χ4v) is 2.16. The summed E-state index contributed by atoms with van der Waals surface area (Å²) >= 11 is 0. The van der Waals surface area contributed by atoms with Gasteiger partial charge in [0, 0.05) is 6.04 Å². The van der Waals surface area contributed by atoms with E-state index >= 15 is 0 Å². The zero-order valence-electron chi connectivity index (χ0n) is 10.9. The highest BCUT2D eigenvalue weighted by molar-refractivity contribution is 5.86. The third-order valence-corrected chi connectivity index (χ3v) is 3.18. The predicted octanol–water partition coefficient (Wildman–Crippen LogP) is 0.539. The highest BCUT2D eigenvalue weighted by atomic mass is 16.5. The molecule has 17 heavy (non-hydrogen) atoms. The molecule has 0 radical (unpaired) electrons. The van der Waals surface area contributed by atoms with Crippen LogP contribution in [0.5, 0.6) is 0 Å². The number of amides is 1. The van der Waals surface area contributed by atoms with E-state index in [1.165, 1.54) is 0 Å². The van der Waals surface area contributed by atoms with Crippen molar-refractivity contribution >= 4 is 11.9 Å². The van der Waals surface area contributed by atoms with Gasteiger partial charge in [0.25, 0.3) is 0 Å². The van der Waals surface area contributed by atoms with Crippen molar-refractivity contribution in [1.82, 2.24) is 10.2 Å². The molecule has 1 fully saturated rings. The number of nitrogens with zero attached hydrogens (tertiary/aromatic N) is 1. The van der Waals surface area contributed by atoms with Gasteiger partial charge in [0.2, 0.25) is 5.91 Å². The number of likely N-dealkylation sites (N-methyl/N-ethyl adjacent to an activating group) is 1. The SMILES string of the molecule is CCOC(=O)CN1C(=O)C(NC)CCCC1C. The number of ether oxygens (including phenoxy) is 1. The normalized spacial score (nSPS) is 25.6. The molecule has 0 aromatic carbocycles. The van der Waals surface area contributed by atoms with Gasteiger partial charge < -0.3 is 15.0 Å². The third kappa shape index (κ3) is 3.70. The van der Waals surface area contributed by atoms with Gasteiger partial charge >= 0.3 is 5.97 Å². The molecule has 0 aromatic heterocycles. The second-order valence-electron chi connectivity index (χ2n) is 4.39. The number of esters is 1. The summed E-state index contributed by atoms with van der Waals surface area (Å²) in [6, 6.07) is -0.0698. The maximum Gasteiger partial charge on any atom is 0.325 e. The molecule has 1 aliphatic heterocycles. The van der Waals surface area contributed by atoms with E-state index in [4.69, 9.17) is 4.74 Å². The first-order valence-electron chi connectivity index (χ1n) is 6.23. The molecular weight excluding hydrogens is 220 g/mol. The number of rotatable bonds is 4. The van der Waals surface area contributed by atoms with Crippen molar-refractivity contribution in [3.05, 3.63) is 0 Å². The van der Waals surface area contributed by atoms with Crippen LogP contribution in [-0.4, -0.2) is 49.1 Å². The molecule has 2 atom stereocenters. The first-order chi connectivity index (χ1) is 8.10. The maximum atomic E-state index is 12.2. The lowest BCUT2D eigenvalue weighted by Gasteiger charge is -2.28. The van der Waals surface area contributed by atoms with Crippen LogP contribution in [0.25, 0.3) is 0 Å². The average molecular weight is 242 g/mol. The second-order valence-corrected chi connectivity index (χ2v) is 4.39. The largest absolute Gasteiger partial charge is 0.465 e. The Kier molecular flexibility index (Phi) is 5.41. The molecule has 0 aromatic rings. The van der Waals surface area contributed by atoms with E-state index in [-0.39, 0.29) is 30.5 Å². The Morgan fingerprint density at radius 1 is 1.53 bits per heavy atom. The van der Waals surface area contributed by atoms with Gasteiger partial charge in [-0.1, -0.05) is 0 Å². The Hall–Kier alpha value is -1.10. The van der Waals surface area contributed by atoms with Gasteiger partial charge in [-0.2, -0.15) is 0 Å². The molecule has 1 aliphatic rings. The lowest BCUT2D eigenvalue weighted by atomic mass is 10.1. The molecule has 2 unspecified atom stereocenters. The number of hydrogen-bond donors (Lipinski definition) is 1. The summed E-state index contributed by atoms with van der Waals surface area (Å²) in [7, 11) is 1.78. The van der Waals surface area contributed by atoms with Crippen LogP contribution in [0.1, 0.15) is 33.1 Å². The van der Waals surface area contributed by atoms with E-state index in [0.29, 0.717) is 6.61 Å². The summed E-state index contributed by atoms with van der Waals surface area (Å²) in [6.07, 6.45) is 2.76. The van der Waals surface area contributed by atoms with Gasteiger partial charge in [-0.15, -0.1) is 0 Å². The summed E-state index contributed by atoms with van der Waals surface area (Å²) < 4.78 is 4.90. The molecule has 98 valence electrons. The number of hydrogen-bond acceptors (Lipinski definition) is 4. The summed E-state index contributed by atoms with van der Waals surface area (Å²) in [5, 5.41) is 3.01. The Balaban J connectivity index is 2.69. The number of nitrogens with one attached hydrogen (secondary N) is 1. The Labute approximate surface area is 102 Å². The van der Waals surface area contributed by atoms with Crippen LogP contribution in [0.15, 0.2) is 0 Å². The quantitative estimate of drug-likeness (QED) is 0.731. The van der Waals surface area contributed by atoms with Gasteiger partial charge in [0.15, 0.2) is 0 Å². The van der Waals surface area contributed by atoms with Crippen molar-refractivity contribution in [3.63, 3.8) is 0 Å². The van der Waals surface area contributed by atoms with Crippen LogP contribution in [0.2, 0.25) is 0 Å². The molecule has 0 aliphatic carbocycles. The molecule has 1 heterocycles. The minimum atomic E-state index is -0.329. The topological polar surface area (TPSA) is 58.6 Å². The van der Waals surface area contributed by atoms with Gasteiger partial charge in [0.1, 0.15) is 6.54 Å². The predicted molar refractivity (Wildman–Crippen MR) is 64.5 cm³/mol. The summed E-state index contributed by atoms with van der Waals surface area (Å²) in [5.74, 6) is -0.324. The molecule has 5 heteroatoms. The van der Waals surface area contributed by atoms with Gasteiger partial charge in [-0.3, -0.25) is 9.59 Å². The number of likely N-dealkylation sites (tertiary alicyclic amines) is 1. The fourth-order valence-electron chi connectivity index (χ4n) is 2.16. The molecular formula is C12H22N2O3. The molecule has 0 spiro atoms. The minimum absolute atomic E-state index is 0.00514. The van der Waals surface area contributed by atoms with Crippen LogP contribution in [-0.2, 0) is 14.3 Å². The number of carbonyl (C=O) groups is 2. The summed E-state index contributed by atoms with van der Waals surface area (Å²) in [6.45, 7) is 4.16. The van der Waals surface area contributed by atoms with Gasteiger partial charge in [-0.05, 0) is 40.2 Å². The van der Waals surface area contributed by atoms with E-state index in [1.54, 1.807) is 18.9 Å². The summed E-state index contributed by atoms with van der Waals surface area (Å²) in [5.41, 5.74) is 0. The van der Waals surface area contributed by atoms with E-state index in [2.05, 4.69) is 5.32 Å². The third-order valence-electron chi connectivity index (χ3n) is 3.18. The van der Waals surface area contributed by atoms with Gasteiger partial charge in [0.05, 0.1) is 12.6 Å². The number of carbonyl (C=O) groups excluding carboxylic acids is 2. The molecule has 1 N–H and O–H groups in total. The average Bonchev–Trinajstić information content (AvgIpc) is 2.42. The molecule has 1 saturated heterocycles. The van der Waals surface area contributed by atoms with Crippen LogP contribution in [0.3, 0.4) is 0 Å². The zero-order valence-corrected chi connectivity index (χ0v) is 10.9. The Morgan fingerprint density at radius 2 is 2.24 bits per heavy atom. The van der Waals surface area contributed by atoms with Crippen molar-refractivity contribution in [2.24, 2.45) is 0 Å². The van der Waals surface area contributed by atoms with E-state index in [0.717, 1.165) is 19.3 Å². The molecule has 0 bridgehead atoms. The van der Waals surface area contributed by atoms with Crippen molar-refractivity contribution in [3.8, 4) is 0 Å². The van der Waals surface area contributed by atoms with Crippen molar-refractivity contribution in [2.45, 2.75) is 45.2 Å². The first kappa shape index (κ1) is 14.0.